The molecule has 4 nitrogen and oxygen atoms in total. The third-order valence-electron chi connectivity index (χ3n) is 0. The van der Waals surface area contributed by atoms with Gasteiger partial charge in [0.05, 0.1) is 0 Å². The van der Waals surface area contributed by atoms with Crippen molar-refractivity contribution < 1.29 is 17.5 Å². The van der Waals surface area contributed by atoms with E-state index in [0.29, 0.717) is 0 Å². The molecular weight excluding hydrogens is 144 g/mol. The van der Waals surface area contributed by atoms with Gasteiger partial charge in [0, 0.05) is 0 Å². The van der Waals surface area contributed by atoms with Gasteiger partial charge in [0.2, 0.25) is 0 Å². The Balaban J connectivity index is 0. The van der Waals surface area contributed by atoms with E-state index in [1.807, 2.05) is 13.8 Å². The number of rotatable bonds is 0. The molecule has 0 saturated carbocycles. The van der Waals surface area contributed by atoms with Crippen molar-refractivity contribution in [3.05, 3.63) is 12.2 Å². The van der Waals surface area contributed by atoms with Crippen LogP contribution in [0.3, 0.4) is 0 Å². The largest absolute Gasteiger partial charge is 0.394 e. The molecule has 0 heterocycles. The van der Waals surface area contributed by atoms with E-state index >= 15 is 0 Å². The van der Waals surface area contributed by atoms with E-state index in [0.717, 1.165) is 0 Å². The average molecular weight is 154 g/mol. The SMILES string of the molecule is C=C(C)C.O=S(=O)(O)O. The third-order valence-corrected chi connectivity index (χ3v) is 0. The van der Waals surface area contributed by atoms with Crippen LogP contribution in [0.15, 0.2) is 12.2 Å². The van der Waals surface area contributed by atoms with Crippen LogP contribution in [0.25, 0.3) is 0 Å². The molecule has 2 N–H and O–H groups in total. The number of hydrogen-bond acceptors (Lipinski definition) is 2. The Bertz CT molecular complexity index is 155. The van der Waals surface area contributed by atoms with Gasteiger partial charge in [-0.2, -0.15) is 8.42 Å². The van der Waals surface area contributed by atoms with Crippen molar-refractivity contribution in [2.75, 3.05) is 0 Å². The van der Waals surface area contributed by atoms with Gasteiger partial charge in [-0.05, 0) is 13.8 Å². The molecule has 0 aromatic heterocycles. The second-order valence-corrected chi connectivity index (χ2v) is 2.55. The van der Waals surface area contributed by atoms with Crippen molar-refractivity contribution in [1.29, 1.82) is 0 Å². The lowest BCUT2D eigenvalue weighted by atomic mass is 10.4. The highest BCUT2D eigenvalue weighted by molar-refractivity contribution is 7.79. The van der Waals surface area contributed by atoms with Crippen LogP contribution in [0.1, 0.15) is 13.8 Å². The van der Waals surface area contributed by atoms with Gasteiger partial charge in [0.25, 0.3) is 0 Å². The fourth-order valence-electron chi connectivity index (χ4n) is 0. The fourth-order valence-corrected chi connectivity index (χ4v) is 0. The van der Waals surface area contributed by atoms with E-state index in [9.17, 15) is 0 Å². The molecule has 0 unspecified atom stereocenters. The molecule has 0 spiro atoms. The van der Waals surface area contributed by atoms with Crippen molar-refractivity contribution in [3.8, 4) is 0 Å². The van der Waals surface area contributed by atoms with Crippen LogP contribution >= 0.6 is 0 Å². The van der Waals surface area contributed by atoms with Crippen LogP contribution in [0, 0.1) is 0 Å². The minimum absolute atomic E-state index is 1.17. The van der Waals surface area contributed by atoms with Gasteiger partial charge >= 0.3 is 10.4 Å². The second-order valence-electron chi connectivity index (χ2n) is 1.65. The zero-order valence-electron chi connectivity index (χ0n) is 5.33. The first-order chi connectivity index (χ1) is 3.73. The molecule has 0 amide bonds. The maximum Gasteiger partial charge on any atom is 0.394 e. The number of hydrogen-bond donors (Lipinski definition) is 2. The van der Waals surface area contributed by atoms with Gasteiger partial charge < -0.3 is 0 Å². The van der Waals surface area contributed by atoms with E-state index in [1.165, 1.54) is 5.57 Å². The monoisotopic (exact) mass is 154 g/mol. The van der Waals surface area contributed by atoms with Crippen LogP contribution < -0.4 is 0 Å². The highest BCUT2D eigenvalue weighted by Crippen LogP contribution is 1.73. The second kappa shape index (κ2) is 4.49. The highest BCUT2D eigenvalue weighted by atomic mass is 32.3. The predicted molar refractivity (Wildman–Crippen MR) is 34.7 cm³/mol. The van der Waals surface area contributed by atoms with E-state index in [4.69, 9.17) is 17.5 Å². The van der Waals surface area contributed by atoms with E-state index in [2.05, 4.69) is 6.58 Å². The first kappa shape index (κ1) is 11.4. The van der Waals surface area contributed by atoms with Gasteiger partial charge in [-0.25, -0.2) is 0 Å². The molecule has 0 rings (SSSR count). The maximum atomic E-state index is 8.74. The Morgan fingerprint density at radius 3 is 1.33 bits per heavy atom. The summed E-state index contributed by atoms with van der Waals surface area (Å²) < 4.78 is 31.6. The van der Waals surface area contributed by atoms with Crippen LogP contribution in [-0.2, 0) is 10.4 Å². The van der Waals surface area contributed by atoms with Gasteiger partial charge in [0.15, 0.2) is 0 Å². The summed E-state index contributed by atoms with van der Waals surface area (Å²) in [5.41, 5.74) is 1.17. The van der Waals surface area contributed by atoms with E-state index in [1.54, 1.807) is 0 Å². The van der Waals surface area contributed by atoms with Crippen molar-refractivity contribution >= 4 is 10.4 Å². The average Bonchev–Trinajstić information content (AvgIpc) is 1.19. The molecule has 0 aliphatic heterocycles. The summed E-state index contributed by atoms with van der Waals surface area (Å²) >= 11 is 0. The summed E-state index contributed by atoms with van der Waals surface area (Å²) in [4.78, 5) is 0. The third kappa shape index (κ3) is 1570. The molecule has 0 aliphatic rings. The number of allylic oxidation sites excluding steroid dienone is 1. The topological polar surface area (TPSA) is 74.6 Å². The Labute approximate surface area is 54.8 Å². The molecule has 0 aromatic carbocycles. The van der Waals surface area contributed by atoms with Crippen molar-refractivity contribution in [2.45, 2.75) is 13.8 Å². The molecule has 0 saturated heterocycles. The van der Waals surface area contributed by atoms with Crippen LogP contribution in [-0.4, -0.2) is 17.5 Å². The van der Waals surface area contributed by atoms with Crippen LogP contribution in [0.2, 0.25) is 0 Å². The normalized spacial score (nSPS) is 9.33. The molecule has 0 fully saturated rings. The molecule has 0 radical (unpaired) electrons. The first-order valence-electron chi connectivity index (χ1n) is 2.05. The summed E-state index contributed by atoms with van der Waals surface area (Å²) in [5.74, 6) is 0. The van der Waals surface area contributed by atoms with Gasteiger partial charge in [0.1, 0.15) is 0 Å². The minimum Gasteiger partial charge on any atom is -0.264 e. The smallest absolute Gasteiger partial charge is 0.264 e. The van der Waals surface area contributed by atoms with Crippen molar-refractivity contribution in [3.63, 3.8) is 0 Å². The Morgan fingerprint density at radius 1 is 1.33 bits per heavy atom. The van der Waals surface area contributed by atoms with Gasteiger partial charge in [-0.15, -0.1) is 6.58 Å². The van der Waals surface area contributed by atoms with Gasteiger partial charge in [-0.1, -0.05) is 5.57 Å². The molecule has 0 atom stereocenters. The summed E-state index contributed by atoms with van der Waals surface area (Å²) in [7, 11) is -4.67. The lowest BCUT2D eigenvalue weighted by Crippen LogP contribution is -1.89. The zero-order chi connectivity index (χ0) is 8.08. The molecule has 0 aliphatic carbocycles. The van der Waals surface area contributed by atoms with Crippen LogP contribution in [0.5, 0.6) is 0 Å². The van der Waals surface area contributed by atoms with E-state index < -0.39 is 10.4 Å². The van der Waals surface area contributed by atoms with Gasteiger partial charge in [-0.3, -0.25) is 9.11 Å². The molecular formula is C4H10O4S. The predicted octanol–water partition coefficient (Wildman–Crippen LogP) is 0.930. The molecule has 0 bridgehead atoms. The standard InChI is InChI=1S/C4H8.H2O4S/c1-4(2)3;1-5(2,3)4/h1H2,2-3H3;(H2,1,2,3,4). The summed E-state index contributed by atoms with van der Waals surface area (Å²) in [6.45, 7) is 7.50. The molecule has 5 heteroatoms. The fraction of sp³-hybridized carbons (Fsp3) is 0.500. The summed E-state index contributed by atoms with van der Waals surface area (Å²) in [5, 5.41) is 0. The van der Waals surface area contributed by atoms with Crippen molar-refractivity contribution in [1.82, 2.24) is 0 Å². The Morgan fingerprint density at radius 2 is 1.33 bits per heavy atom. The maximum absolute atomic E-state index is 8.74. The molecule has 9 heavy (non-hydrogen) atoms. The highest BCUT2D eigenvalue weighted by Gasteiger charge is 1.84. The zero-order valence-corrected chi connectivity index (χ0v) is 6.14. The quantitative estimate of drug-likeness (QED) is 0.402. The lowest BCUT2D eigenvalue weighted by molar-refractivity contribution is 0.381. The minimum atomic E-state index is -4.67. The summed E-state index contributed by atoms with van der Waals surface area (Å²) in [6.07, 6.45) is 0. The van der Waals surface area contributed by atoms with E-state index in [-0.39, 0.29) is 0 Å². The molecule has 0 aromatic rings. The lowest BCUT2D eigenvalue weighted by Gasteiger charge is -1.68. The first-order valence-corrected chi connectivity index (χ1v) is 3.45. The summed E-state index contributed by atoms with van der Waals surface area (Å²) in [6, 6.07) is 0. The Hall–Kier alpha value is -0.390. The van der Waals surface area contributed by atoms with Crippen molar-refractivity contribution in [2.24, 2.45) is 0 Å². The Kier molecular flexibility index (Phi) is 5.69. The molecule has 56 valence electrons. The van der Waals surface area contributed by atoms with Crippen LogP contribution in [0.4, 0.5) is 0 Å².